The Morgan fingerprint density at radius 1 is 0.405 bits per heavy atom. The highest BCUT2D eigenvalue weighted by molar-refractivity contribution is 7.87. The Kier molecular flexibility index (Phi) is 10.2. The van der Waals surface area contributed by atoms with Gasteiger partial charge < -0.3 is 0 Å². The lowest BCUT2D eigenvalue weighted by atomic mass is 10.2. The summed E-state index contributed by atoms with van der Waals surface area (Å²) in [5.74, 6) is 0. The summed E-state index contributed by atoms with van der Waals surface area (Å²) in [5, 5.41) is 3.30. The van der Waals surface area contributed by atoms with Crippen molar-refractivity contribution in [3.05, 3.63) is 89.5 Å². The van der Waals surface area contributed by atoms with Crippen LogP contribution < -0.4 is 0 Å². The lowest BCUT2D eigenvalue weighted by Gasteiger charge is -2.23. The molecule has 0 saturated carbocycles. The lowest BCUT2D eigenvalue weighted by Crippen LogP contribution is -2.38. The molecule has 1 heterocycles. The number of benzene rings is 3. The molecule has 0 amide bonds. The first-order chi connectivity index (χ1) is 19.7. The van der Waals surface area contributed by atoms with E-state index in [1.807, 2.05) is 20.8 Å². The number of hydrogen-bond donors (Lipinski definition) is 0. The molecule has 0 bridgehead atoms. The third-order valence-electron chi connectivity index (χ3n) is 6.34. The normalized spacial score (nSPS) is 16.9. The molecule has 0 aliphatic carbocycles. The highest BCUT2D eigenvalue weighted by atomic mass is 32.2. The second kappa shape index (κ2) is 13.3. The van der Waals surface area contributed by atoms with Crippen LogP contribution in [0, 0.1) is 20.8 Å². The van der Waals surface area contributed by atoms with Crippen LogP contribution in [0.4, 0.5) is 0 Å². The van der Waals surface area contributed by atoms with Crippen molar-refractivity contribution in [2.24, 2.45) is 0 Å². The van der Waals surface area contributed by atoms with Gasteiger partial charge in [-0.25, -0.2) is 0 Å². The number of aryl methyl sites for hydroxylation is 3. The monoisotopic (exact) mass is 639 g/mol. The molecule has 1 aliphatic rings. The van der Waals surface area contributed by atoms with E-state index < -0.39 is 30.4 Å². The molecule has 0 aromatic heterocycles. The Hall–Kier alpha value is -2.73. The van der Waals surface area contributed by atoms with E-state index in [1.165, 1.54) is 36.4 Å². The highest BCUT2D eigenvalue weighted by Crippen LogP contribution is 2.20. The van der Waals surface area contributed by atoms with Crippen LogP contribution in [-0.4, -0.2) is 79.7 Å². The van der Waals surface area contributed by atoms with Crippen LogP contribution in [0.2, 0.25) is 0 Å². The second-order valence-electron chi connectivity index (χ2n) is 9.81. The van der Waals surface area contributed by atoms with Gasteiger partial charge in [0.2, 0.25) is 0 Å². The summed E-state index contributed by atoms with van der Waals surface area (Å²) >= 11 is 0. The Morgan fingerprint density at radius 3 is 0.786 bits per heavy atom. The number of nitrogens with zero attached hydrogens (tertiary/aromatic N) is 3. The van der Waals surface area contributed by atoms with Crippen molar-refractivity contribution in [1.29, 1.82) is 0 Å². The molecule has 3 aromatic rings. The van der Waals surface area contributed by atoms with Gasteiger partial charge in [-0.3, -0.25) is 0 Å². The summed E-state index contributed by atoms with van der Waals surface area (Å²) in [6, 6.07) is 18.2. The molecule has 4 rings (SSSR count). The minimum Gasteiger partial charge on any atom is -0.192 e. The topological polar surface area (TPSA) is 140 Å². The summed E-state index contributed by atoms with van der Waals surface area (Å²) < 4.78 is 94.1. The van der Waals surface area contributed by atoms with Crippen molar-refractivity contribution >= 4 is 30.4 Å². The molecular formula is C27H33N3O9S3. The van der Waals surface area contributed by atoms with E-state index in [-0.39, 0.29) is 54.0 Å². The van der Waals surface area contributed by atoms with Crippen molar-refractivity contribution in [2.75, 3.05) is 39.3 Å². The molecule has 15 heteroatoms. The molecule has 0 N–H and O–H groups in total. The number of hydroxylamine groups is 6. The van der Waals surface area contributed by atoms with E-state index in [1.54, 1.807) is 36.4 Å². The van der Waals surface area contributed by atoms with Crippen molar-refractivity contribution in [2.45, 2.75) is 35.5 Å². The van der Waals surface area contributed by atoms with Crippen LogP contribution in [0.25, 0.3) is 0 Å². The third kappa shape index (κ3) is 8.65. The zero-order chi connectivity index (χ0) is 30.5. The first-order valence-corrected chi connectivity index (χ1v) is 17.2. The summed E-state index contributed by atoms with van der Waals surface area (Å²) in [6.45, 7) is 4.91. The molecule has 3 aromatic carbocycles. The van der Waals surface area contributed by atoms with Crippen molar-refractivity contribution in [3.8, 4) is 0 Å². The Balaban J connectivity index is 1.57. The molecule has 42 heavy (non-hydrogen) atoms. The van der Waals surface area contributed by atoms with E-state index in [0.717, 1.165) is 31.9 Å². The van der Waals surface area contributed by atoms with Gasteiger partial charge in [0.25, 0.3) is 0 Å². The molecule has 0 unspecified atom stereocenters. The fourth-order valence-electron chi connectivity index (χ4n) is 3.89. The standard InChI is InChI=1S/C27H33N3O9S3/c1-22-4-10-25(11-5-22)40(31,32)37-28-16-18-29(38-41(33,34)26-12-6-23(2)7-13-26)20-21-30(19-17-28)39-42(35,36)27-14-8-24(3)9-15-27/h4-15H,16-21H2,1-3H3. The fraction of sp³-hybridized carbons (Fsp3) is 0.333. The fourth-order valence-corrected chi connectivity index (χ4v) is 6.83. The molecule has 1 fully saturated rings. The van der Waals surface area contributed by atoms with Crippen molar-refractivity contribution < 1.29 is 38.1 Å². The maximum atomic E-state index is 13.0. The summed E-state index contributed by atoms with van der Waals surface area (Å²) in [5.41, 5.74) is 2.59. The van der Waals surface area contributed by atoms with E-state index in [2.05, 4.69) is 0 Å². The van der Waals surface area contributed by atoms with Crippen LogP contribution >= 0.6 is 0 Å². The minimum atomic E-state index is -4.25. The van der Waals surface area contributed by atoms with E-state index in [4.69, 9.17) is 12.9 Å². The van der Waals surface area contributed by atoms with Gasteiger partial charge in [-0.05, 0) is 57.2 Å². The van der Waals surface area contributed by atoms with E-state index in [0.29, 0.717) is 0 Å². The molecule has 0 atom stereocenters. The third-order valence-corrected chi connectivity index (χ3v) is 10.1. The molecule has 1 saturated heterocycles. The minimum absolute atomic E-state index is 0.0712. The van der Waals surface area contributed by atoms with E-state index >= 15 is 0 Å². The van der Waals surface area contributed by atoms with Gasteiger partial charge >= 0.3 is 30.4 Å². The Morgan fingerprint density at radius 2 is 0.595 bits per heavy atom. The van der Waals surface area contributed by atoms with Crippen LogP contribution in [-0.2, 0) is 43.2 Å². The van der Waals surface area contributed by atoms with Gasteiger partial charge in [0.15, 0.2) is 0 Å². The second-order valence-corrected chi connectivity index (χ2v) is 14.4. The molecule has 228 valence electrons. The van der Waals surface area contributed by atoms with Crippen molar-refractivity contribution in [1.82, 2.24) is 15.2 Å². The average molecular weight is 640 g/mol. The van der Waals surface area contributed by atoms with Gasteiger partial charge in [-0.15, -0.1) is 0 Å². The molecule has 12 nitrogen and oxygen atoms in total. The summed E-state index contributed by atoms with van der Waals surface area (Å²) in [6.07, 6.45) is 0. The van der Waals surface area contributed by atoms with Crippen LogP contribution in [0.15, 0.2) is 87.5 Å². The van der Waals surface area contributed by atoms with Gasteiger partial charge in [0.1, 0.15) is 0 Å². The van der Waals surface area contributed by atoms with Gasteiger partial charge in [0.05, 0.1) is 14.7 Å². The SMILES string of the molecule is Cc1ccc(S(=O)(=O)ON2CCN(OS(=O)(=O)c3ccc(C)cc3)CCN(OS(=O)(=O)c3ccc(C)cc3)CC2)cc1. The number of rotatable bonds is 9. The highest BCUT2D eigenvalue weighted by Gasteiger charge is 2.29. The van der Waals surface area contributed by atoms with E-state index in [9.17, 15) is 25.3 Å². The van der Waals surface area contributed by atoms with Crippen LogP contribution in [0.1, 0.15) is 16.7 Å². The average Bonchev–Trinajstić information content (AvgIpc) is 3.00. The molecular weight excluding hydrogens is 607 g/mol. The zero-order valence-corrected chi connectivity index (χ0v) is 25.9. The zero-order valence-electron chi connectivity index (χ0n) is 23.4. The van der Waals surface area contributed by atoms with Gasteiger partial charge in [-0.1, -0.05) is 53.1 Å². The molecule has 0 spiro atoms. The largest absolute Gasteiger partial charge is 0.313 e. The summed E-state index contributed by atoms with van der Waals surface area (Å²) in [7, 11) is -12.7. The van der Waals surface area contributed by atoms with Crippen LogP contribution in [0.3, 0.4) is 0 Å². The summed E-state index contributed by atoms with van der Waals surface area (Å²) in [4.78, 5) is -0.214. The van der Waals surface area contributed by atoms with Crippen LogP contribution in [0.5, 0.6) is 0 Å². The maximum absolute atomic E-state index is 13.0. The van der Waals surface area contributed by atoms with Gasteiger partial charge in [-0.2, -0.15) is 53.3 Å². The quantitative estimate of drug-likeness (QED) is 0.340. The Labute approximate surface area is 247 Å². The Bertz CT molecular complexity index is 1460. The number of hydrogen-bond acceptors (Lipinski definition) is 12. The first kappa shape index (κ1) is 32.2. The molecule has 1 aliphatic heterocycles. The predicted octanol–water partition coefficient (Wildman–Crippen LogP) is 2.79. The predicted molar refractivity (Wildman–Crippen MR) is 153 cm³/mol. The van der Waals surface area contributed by atoms with Gasteiger partial charge in [0, 0.05) is 39.3 Å². The molecule has 0 radical (unpaired) electrons. The lowest BCUT2D eigenvalue weighted by molar-refractivity contribution is -0.0932. The smallest absolute Gasteiger partial charge is 0.192 e. The first-order valence-electron chi connectivity index (χ1n) is 13.0. The van der Waals surface area contributed by atoms with Crippen molar-refractivity contribution in [3.63, 3.8) is 0 Å². The maximum Gasteiger partial charge on any atom is 0.313 e.